The minimum absolute atomic E-state index is 0.106. The zero-order chi connectivity index (χ0) is 22.6. The van der Waals surface area contributed by atoms with Gasteiger partial charge in [-0.1, -0.05) is 6.58 Å². The molecular weight excluding hydrogens is 425 g/mol. The van der Waals surface area contributed by atoms with Crippen LogP contribution in [0.2, 0.25) is 0 Å². The Hall–Kier alpha value is -2.89. The summed E-state index contributed by atoms with van der Waals surface area (Å²) in [6, 6.07) is 1.03. The molecule has 170 valence electrons. The Morgan fingerprint density at radius 3 is 2.65 bits per heavy atom. The Morgan fingerprint density at radius 2 is 2.00 bits per heavy atom. The Kier molecular flexibility index (Phi) is 6.98. The molecule has 0 radical (unpaired) electrons. The van der Waals surface area contributed by atoms with Crippen molar-refractivity contribution in [1.29, 1.82) is 0 Å². The van der Waals surface area contributed by atoms with E-state index in [-0.39, 0.29) is 17.1 Å². The van der Waals surface area contributed by atoms with E-state index >= 15 is 0 Å². The molecule has 2 N–H and O–H groups in total. The predicted molar refractivity (Wildman–Crippen MR) is 102 cm³/mol. The minimum atomic E-state index is -4.95. The van der Waals surface area contributed by atoms with Crippen LogP contribution in [0, 0.1) is 0 Å². The highest BCUT2D eigenvalue weighted by Gasteiger charge is 2.32. The summed E-state index contributed by atoms with van der Waals surface area (Å²) in [4.78, 5) is 9.95. The molecule has 0 bridgehead atoms. The van der Waals surface area contributed by atoms with Gasteiger partial charge >= 0.3 is 6.36 Å². The van der Waals surface area contributed by atoms with Crippen molar-refractivity contribution in [2.45, 2.75) is 32.2 Å². The van der Waals surface area contributed by atoms with E-state index < -0.39 is 30.8 Å². The van der Waals surface area contributed by atoms with E-state index in [2.05, 4.69) is 26.2 Å². The maximum Gasteiger partial charge on any atom is 0.573 e. The number of morpholine rings is 1. The molecule has 0 amide bonds. The van der Waals surface area contributed by atoms with E-state index in [1.807, 2.05) is 0 Å². The van der Waals surface area contributed by atoms with Gasteiger partial charge in [0, 0.05) is 49.7 Å². The molecule has 2 aromatic heterocycles. The number of alkyl halides is 5. The molecule has 1 saturated heterocycles. The standard InChI is InChI=1S/C19H22F5N5O2/c1-12(28-4-6-30-7-5-28)2-3-29-11-14(27-17(29)9-16(20)21)13-8-15(18(25)26-10-13)31-19(22,23)24/h8,10-11,16H,1-7,9H2,(H2,25,26). The van der Waals surface area contributed by atoms with Gasteiger partial charge in [0.15, 0.2) is 11.6 Å². The van der Waals surface area contributed by atoms with E-state index in [4.69, 9.17) is 10.5 Å². The van der Waals surface area contributed by atoms with Crippen molar-refractivity contribution < 1.29 is 31.4 Å². The van der Waals surface area contributed by atoms with Crippen LogP contribution < -0.4 is 10.5 Å². The van der Waals surface area contributed by atoms with Gasteiger partial charge in [-0.3, -0.25) is 0 Å². The smallest absolute Gasteiger partial charge is 0.402 e. The first-order valence-corrected chi connectivity index (χ1v) is 9.48. The lowest BCUT2D eigenvalue weighted by atomic mass is 10.2. The van der Waals surface area contributed by atoms with Crippen LogP contribution in [0.1, 0.15) is 12.2 Å². The number of allylic oxidation sites excluding steroid dienone is 1. The molecule has 0 unspecified atom stereocenters. The maximum atomic E-state index is 13.0. The number of rotatable bonds is 8. The van der Waals surface area contributed by atoms with Crippen molar-refractivity contribution >= 4 is 5.82 Å². The molecule has 2 aromatic rings. The van der Waals surface area contributed by atoms with E-state index in [1.54, 1.807) is 4.57 Å². The monoisotopic (exact) mass is 447 g/mol. The highest BCUT2D eigenvalue weighted by molar-refractivity contribution is 5.63. The van der Waals surface area contributed by atoms with E-state index in [0.29, 0.717) is 39.3 Å². The topological polar surface area (TPSA) is 78.4 Å². The Balaban J connectivity index is 1.81. The molecule has 0 aromatic carbocycles. The van der Waals surface area contributed by atoms with Crippen LogP contribution in [0.4, 0.5) is 27.8 Å². The number of aromatic nitrogens is 3. The van der Waals surface area contributed by atoms with Gasteiger partial charge in [-0.2, -0.15) is 0 Å². The summed E-state index contributed by atoms with van der Waals surface area (Å²) >= 11 is 0. The van der Waals surface area contributed by atoms with Gasteiger partial charge in [0.2, 0.25) is 6.43 Å². The molecule has 1 aliphatic rings. The highest BCUT2D eigenvalue weighted by Crippen LogP contribution is 2.31. The molecule has 3 heterocycles. The fraction of sp³-hybridized carbons (Fsp3) is 0.474. The summed E-state index contributed by atoms with van der Waals surface area (Å²) < 4.78 is 74.5. The summed E-state index contributed by atoms with van der Waals surface area (Å²) in [5, 5.41) is 0. The van der Waals surface area contributed by atoms with Crippen LogP contribution in [0.25, 0.3) is 11.3 Å². The molecule has 7 nitrogen and oxygen atoms in total. The SMILES string of the molecule is C=C(CCn1cc(-c2cnc(N)c(OC(F)(F)F)c2)nc1CC(F)F)N1CCOCC1. The van der Waals surface area contributed by atoms with Crippen molar-refractivity contribution in [2.24, 2.45) is 0 Å². The van der Waals surface area contributed by atoms with Crippen LogP contribution in [0.3, 0.4) is 0 Å². The van der Waals surface area contributed by atoms with E-state index in [1.165, 1.54) is 12.4 Å². The van der Waals surface area contributed by atoms with E-state index in [0.717, 1.165) is 11.8 Å². The van der Waals surface area contributed by atoms with Gasteiger partial charge in [-0.05, 0) is 6.07 Å². The van der Waals surface area contributed by atoms with Crippen molar-refractivity contribution in [2.75, 3.05) is 32.0 Å². The van der Waals surface area contributed by atoms with Crippen LogP contribution in [0.5, 0.6) is 5.75 Å². The minimum Gasteiger partial charge on any atom is -0.402 e. The summed E-state index contributed by atoms with van der Waals surface area (Å²) in [5.74, 6) is -1.03. The first kappa shape index (κ1) is 22.8. The average Bonchev–Trinajstić information content (AvgIpc) is 3.09. The number of anilines is 1. The second kappa shape index (κ2) is 9.50. The Bertz CT molecular complexity index is 910. The lowest BCUT2D eigenvalue weighted by molar-refractivity contribution is -0.274. The van der Waals surface area contributed by atoms with Crippen molar-refractivity contribution in [3.8, 4) is 17.0 Å². The third kappa shape index (κ3) is 6.29. The number of imidazole rings is 1. The molecule has 12 heteroatoms. The molecule has 0 spiro atoms. The number of nitrogen functional groups attached to an aromatic ring is 1. The normalized spacial score (nSPS) is 14.8. The number of pyridine rings is 1. The number of hydrogen-bond donors (Lipinski definition) is 1. The highest BCUT2D eigenvalue weighted by atomic mass is 19.4. The van der Waals surface area contributed by atoms with Crippen LogP contribution >= 0.6 is 0 Å². The molecule has 1 fully saturated rings. The number of nitrogens with zero attached hydrogens (tertiary/aromatic N) is 4. The third-order valence-electron chi connectivity index (χ3n) is 4.70. The van der Waals surface area contributed by atoms with Gasteiger partial charge < -0.3 is 24.7 Å². The fourth-order valence-electron chi connectivity index (χ4n) is 3.18. The molecule has 0 saturated carbocycles. The summed E-state index contributed by atoms with van der Waals surface area (Å²) in [6.07, 6.45) is -4.98. The van der Waals surface area contributed by atoms with Crippen molar-refractivity contribution in [3.05, 3.63) is 36.6 Å². The zero-order valence-electron chi connectivity index (χ0n) is 16.5. The largest absolute Gasteiger partial charge is 0.573 e. The molecule has 3 rings (SSSR count). The Morgan fingerprint density at radius 1 is 1.29 bits per heavy atom. The maximum absolute atomic E-state index is 13.0. The van der Waals surface area contributed by atoms with Gasteiger partial charge in [0.25, 0.3) is 0 Å². The number of hydrogen-bond acceptors (Lipinski definition) is 6. The molecular formula is C19H22F5N5O2. The molecule has 0 aliphatic carbocycles. The number of ether oxygens (including phenoxy) is 2. The molecule has 1 aliphatic heterocycles. The van der Waals surface area contributed by atoms with Crippen LogP contribution in [-0.2, 0) is 17.7 Å². The van der Waals surface area contributed by atoms with Crippen molar-refractivity contribution in [1.82, 2.24) is 19.4 Å². The first-order valence-electron chi connectivity index (χ1n) is 9.48. The molecule has 31 heavy (non-hydrogen) atoms. The second-order valence-electron chi connectivity index (χ2n) is 6.90. The third-order valence-corrected chi connectivity index (χ3v) is 4.70. The summed E-state index contributed by atoms with van der Waals surface area (Å²) in [7, 11) is 0. The number of halogens is 5. The summed E-state index contributed by atoms with van der Waals surface area (Å²) in [6.45, 7) is 6.98. The molecule has 0 atom stereocenters. The fourth-order valence-corrected chi connectivity index (χ4v) is 3.18. The Labute approximate surface area is 175 Å². The lowest BCUT2D eigenvalue weighted by Crippen LogP contribution is -2.35. The summed E-state index contributed by atoms with van der Waals surface area (Å²) in [5.41, 5.74) is 6.64. The van der Waals surface area contributed by atoms with Gasteiger partial charge in [-0.15, -0.1) is 13.2 Å². The average molecular weight is 447 g/mol. The van der Waals surface area contributed by atoms with Gasteiger partial charge in [0.1, 0.15) is 5.82 Å². The predicted octanol–water partition coefficient (Wildman–Crippen LogP) is 3.47. The van der Waals surface area contributed by atoms with E-state index in [9.17, 15) is 22.0 Å². The van der Waals surface area contributed by atoms with Crippen LogP contribution in [0.15, 0.2) is 30.7 Å². The quantitative estimate of drug-likeness (QED) is 0.625. The first-order chi connectivity index (χ1) is 14.6. The zero-order valence-corrected chi connectivity index (χ0v) is 16.5. The van der Waals surface area contributed by atoms with Crippen LogP contribution in [-0.4, -0.2) is 58.5 Å². The van der Waals surface area contributed by atoms with Crippen molar-refractivity contribution in [3.63, 3.8) is 0 Å². The number of nitrogens with two attached hydrogens (primary N) is 1. The second-order valence-corrected chi connectivity index (χ2v) is 6.90. The van der Waals surface area contributed by atoms with Gasteiger partial charge in [0.05, 0.1) is 25.3 Å². The number of aryl methyl sites for hydroxylation is 1. The lowest BCUT2D eigenvalue weighted by Gasteiger charge is -2.30. The van der Waals surface area contributed by atoms with Gasteiger partial charge in [-0.25, -0.2) is 18.7 Å².